The van der Waals surface area contributed by atoms with Gasteiger partial charge in [-0.05, 0) is 12.5 Å². The summed E-state index contributed by atoms with van der Waals surface area (Å²) in [5, 5.41) is 0. The molecule has 2 rings (SSSR count). The molecule has 94 valence electrons. The Balaban J connectivity index is 2.29. The van der Waals surface area contributed by atoms with Crippen LogP contribution in [0.5, 0.6) is 0 Å². The van der Waals surface area contributed by atoms with Gasteiger partial charge in [-0.15, -0.1) is 6.58 Å². The molecule has 0 saturated heterocycles. The number of nitrogens with two attached hydrogens (primary N) is 1. The van der Waals surface area contributed by atoms with Gasteiger partial charge in [0.15, 0.2) is 0 Å². The predicted octanol–water partition coefficient (Wildman–Crippen LogP) is 1.97. The second kappa shape index (κ2) is 4.64. The van der Waals surface area contributed by atoms with Crippen LogP contribution in [0.3, 0.4) is 0 Å². The van der Waals surface area contributed by atoms with Gasteiger partial charge in [0.25, 0.3) is 0 Å². The molecule has 0 spiro atoms. The summed E-state index contributed by atoms with van der Waals surface area (Å²) in [5.41, 5.74) is 6.49. The maximum Gasteiger partial charge on any atom is 0.346 e. The molecule has 1 aromatic rings. The highest BCUT2D eigenvalue weighted by Gasteiger charge is 2.43. The molecule has 0 saturated carbocycles. The summed E-state index contributed by atoms with van der Waals surface area (Å²) in [7, 11) is 0. The molecule has 1 atom stereocenters. The quantitative estimate of drug-likeness (QED) is 0.822. The number of hydrogen-bond donors (Lipinski definition) is 1. The van der Waals surface area contributed by atoms with Crippen molar-refractivity contribution in [2.24, 2.45) is 10.7 Å². The smallest absolute Gasteiger partial charge is 0.346 e. The molecule has 4 nitrogen and oxygen atoms in total. The molecular weight excluding hydrogens is 226 g/mol. The third-order valence-electron chi connectivity index (χ3n) is 3.30. The van der Waals surface area contributed by atoms with Crippen molar-refractivity contribution in [3.05, 3.63) is 48.6 Å². The lowest BCUT2D eigenvalue weighted by molar-refractivity contribution is 0.187. The van der Waals surface area contributed by atoms with E-state index in [1.807, 2.05) is 37.3 Å². The second-order valence-corrected chi connectivity index (χ2v) is 4.62. The Morgan fingerprint density at radius 2 is 2.11 bits per heavy atom. The number of amidine groups is 1. The van der Waals surface area contributed by atoms with Gasteiger partial charge in [0.05, 0.1) is 0 Å². The summed E-state index contributed by atoms with van der Waals surface area (Å²) < 4.78 is 0. The van der Waals surface area contributed by atoms with Crippen LogP contribution < -0.4 is 5.73 Å². The molecule has 1 heterocycles. The Labute approximate surface area is 107 Å². The van der Waals surface area contributed by atoms with E-state index in [0.29, 0.717) is 18.8 Å². The normalized spacial score (nSPS) is 23.1. The Morgan fingerprint density at radius 1 is 1.44 bits per heavy atom. The molecule has 0 aliphatic carbocycles. The molecule has 1 aliphatic heterocycles. The molecule has 4 heteroatoms. The summed E-state index contributed by atoms with van der Waals surface area (Å²) >= 11 is 0. The average Bonchev–Trinajstić information content (AvgIpc) is 2.55. The number of urea groups is 1. The Bertz CT molecular complexity index is 495. The number of aliphatic imine (C=N–C) groups is 1. The molecule has 1 aliphatic rings. The van der Waals surface area contributed by atoms with Crippen molar-refractivity contribution in [3.63, 3.8) is 0 Å². The van der Waals surface area contributed by atoms with Crippen molar-refractivity contribution in [2.45, 2.75) is 18.9 Å². The van der Waals surface area contributed by atoms with Crippen LogP contribution in [0.4, 0.5) is 4.79 Å². The number of nitrogens with zero attached hydrogens (tertiary/aromatic N) is 2. The van der Waals surface area contributed by atoms with E-state index in [1.54, 1.807) is 11.0 Å². The van der Waals surface area contributed by atoms with Crippen LogP contribution in [0, 0.1) is 0 Å². The first-order chi connectivity index (χ1) is 8.58. The van der Waals surface area contributed by atoms with Crippen LogP contribution >= 0.6 is 0 Å². The molecule has 2 N–H and O–H groups in total. The largest absolute Gasteiger partial charge is 0.385 e. The highest BCUT2D eigenvalue weighted by atomic mass is 16.2. The van der Waals surface area contributed by atoms with Crippen molar-refractivity contribution in [3.8, 4) is 0 Å². The minimum Gasteiger partial charge on any atom is -0.385 e. The molecule has 0 aromatic heterocycles. The van der Waals surface area contributed by atoms with E-state index in [-0.39, 0.29) is 6.03 Å². The van der Waals surface area contributed by atoms with Gasteiger partial charge in [-0.1, -0.05) is 36.4 Å². The molecule has 1 aromatic carbocycles. The SMILES string of the molecule is C=CCN1C(=O)N=C(N)C1(C)Cc1ccccc1. The van der Waals surface area contributed by atoms with E-state index in [0.717, 1.165) is 5.56 Å². The first kappa shape index (κ1) is 12.4. The van der Waals surface area contributed by atoms with Gasteiger partial charge < -0.3 is 10.6 Å². The van der Waals surface area contributed by atoms with E-state index in [9.17, 15) is 4.79 Å². The van der Waals surface area contributed by atoms with Crippen molar-refractivity contribution in [1.29, 1.82) is 0 Å². The van der Waals surface area contributed by atoms with E-state index >= 15 is 0 Å². The van der Waals surface area contributed by atoms with E-state index in [1.165, 1.54) is 0 Å². The predicted molar refractivity (Wildman–Crippen MR) is 72.5 cm³/mol. The average molecular weight is 243 g/mol. The topological polar surface area (TPSA) is 58.7 Å². The minimum atomic E-state index is -0.563. The highest BCUT2D eigenvalue weighted by molar-refractivity contribution is 6.05. The van der Waals surface area contributed by atoms with Crippen LogP contribution in [-0.2, 0) is 6.42 Å². The lowest BCUT2D eigenvalue weighted by Crippen LogP contribution is -2.53. The standard InChI is InChI=1S/C14H17N3O/c1-3-9-17-13(18)16-12(15)14(17,2)10-11-7-5-4-6-8-11/h3-8H,1,9-10H2,2H3,(H2,15,16,18). The van der Waals surface area contributed by atoms with E-state index in [4.69, 9.17) is 5.73 Å². The van der Waals surface area contributed by atoms with Crippen LogP contribution in [0.15, 0.2) is 48.0 Å². The summed E-state index contributed by atoms with van der Waals surface area (Å²) in [6.45, 7) is 6.06. The van der Waals surface area contributed by atoms with Gasteiger partial charge in [0, 0.05) is 13.0 Å². The first-order valence-corrected chi connectivity index (χ1v) is 5.89. The second-order valence-electron chi connectivity index (χ2n) is 4.62. The molecule has 18 heavy (non-hydrogen) atoms. The molecular formula is C14H17N3O. The van der Waals surface area contributed by atoms with Gasteiger partial charge >= 0.3 is 6.03 Å². The number of amides is 2. The van der Waals surface area contributed by atoms with Gasteiger partial charge in [-0.25, -0.2) is 4.79 Å². The lowest BCUT2D eigenvalue weighted by atomic mass is 9.90. The molecule has 2 amide bonds. The molecule has 0 fully saturated rings. The zero-order valence-electron chi connectivity index (χ0n) is 10.5. The molecule has 0 bridgehead atoms. The fourth-order valence-electron chi connectivity index (χ4n) is 2.22. The first-order valence-electron chi connectivity index (χ1n) is 5.89. The Morgan fingerprint density at radius 3 is 2.72 bits per heavy atom. The summed E-state index contributed by atoms with van der Waals surface area (Å²) in [4.78, 5) is 17.3. The van der Waals surface area contributed by atoms with E-state index < -0.39 is 5.54 Å². The Kier molecular flexibility index (Phi) is 3.19. The van der Waals surface area contributed by atoms with Crippen LogP contribution in [0.1, 0.15) is 12.5 Å². The maximum absolute atomic E-state index is 11.8. The minimum absolute atomic E-state index is 0.286. The lowest BCUT2D eigenvalue weighted by Gasteiger charge is -2.34. The molecule has 1 unspecified atom stereocenters. The summed E-state index contributed by atoms with van der Waals surface area (Å²) in [6, 6.07) is 9.66. The van der Waals surface area contributed by atoms with Crippen molar-refractivity contribution in [1.82, 2.24) is 4.90 Å². The number of rotatable bonds is 4. The Hall–Kier alpha value is -2.10. The number of carbonyl (C=O) groups excluding carboxylic acids is 1. The number of carbonyl (C=O) groups is 1. The van der Waals surface area contributed by atoms with Gasteiger partial charge in [0.1, 0.15) is 11.4 Å². The maximum atomic E-state index is 11.8. The zero-order valence-corrected chi connectivity index (χ0v) is 10.5. The highest BCUT2D eigenvalue weighted by Crippen LogP contribution is 2.27. The number of benzene rings is 1. The summed E-state index contributed by atoms with van der Waals surface area (Å²) in [5.74, 6) is 0.373. The monoisotopic (exact) mass is 243 g/mol. The zero-order chi connectivity index (χ0) is 13.2. The van der Waals surface area contributed by atoms with Gasteiger partial charge in [-0.3, -0.25) is 0 Å². The summed E-state index contributed by atoms with van der Waals surface area (Å²) in [6.07, 6.45) is 2.35. The molecule has 0 radical (unpaired) electrons. The third-order valence-corrected chi connectivity index (χ3v) is 3.30. The van der Waals surface area contributed by atoms with Crippen LogP contribution in [-0.4, -0.2) is 28.9 Å². The van der Waals surface area contributed by atoms with Gasteiger partial charge in [0.2, 0.25) is 0 Å². The van der Waals surface area contributed by atoms with Gasteiger partial charge in [-0.2, -0.15) is 4.99 Å². The van der Waals surface area contributed by atoms with Crippen molar-refractivity contribution < 1.29 is 4.79 Å². The number of hydrogen-bond acceptors (Lipinski definition) is 2. The fourth-order valence-corrected chi connectivity index (χ4v) is 2.22. The van der Waals surface area contributed by atoms with Crippen molar-refractivity contribution >= 4 is 11.9 Å². The van der Waals surface area contributed by atoms with E-state index in [2.05, 4.69) is 11.6 Å². The van der Waals surface area contributed by atoms with Crippen molar-refractivity contribution in [2.75, 3.05) is 6.54 Å². The van der Waals surface area contributed by atoms with Crippen LogP contribution in [0.25, 0.3) is 0 Å². The third kappa shape index (κ3) is 2.01. The van der Waals surface area contributed by atoms with Crippen LogP contribution in [0.2, 0.25) is 0 Å². The fraction of sp³-hybridized carbons (Fsp3) is 0.286.